The smallest absolute Gasteiger partial charge is 0.224 e. The lowest BCUT2D eigenvalue weighted by atomic mass is 9.97. The topological polar surface area (TPSA) is 43.9 Å². The molecule has 5 nitrogen and oxygen atoms in total. The second-order valence-electron chi connectivity index (χ2n) is 8.55. The minimum Gasteiger partial charge on any atom is -0.345 e. The van der Waals surface area contributed by atoms with Crippen LogP contribution in [0.4, 0.5) is 0 Å². The molecule has 1 aromatic rings. The van der Waals surface area contributed by atoms with Gasteiger partial charge in [0.15, 0.2) is 0 Å². The molecule has 1 atom stereocenters. The second-order valence-corrected chi connectivity index (χ2v) is 8.98. The van der Waals surface area contributed by atoms with Crippen LogP contribution in [-0.4, -0.2) is 72.8 Å². The molecule has 0 unspecified atom stereocenters. The number of piperidine rings is 2. The Morgan fingerprint density at radius 2 is 1.93 bits per heavy atom. The van der Waals surface area contributed by atoms with Gasteiger partial charge in [-0.1, -0.05) is 23.7 Å². The van der Waals surface area contributed by atoms with E-state index in [9.17, 15) is 9.59 Å². The van der Waals surface area contributed by atoms with E-state index >= 15 is 0 Å². The Morgan fingerprint density at radius 1 is 1.14 bits per heavy atom. The average Bonchev–Trinajstić information content (AvgIpc) is 2.73. The third kappa shape index (κ3) is 7.00. The van der Waals surface area contributed by atoms with Gasteiger partial charge >= 0.3 is 0 Å². The van der Waals surface area contributed by atoms with E-state index < -0.39 is 0 Å². The number of halogens is 1. The first-order valence-electron chi connectivity index (χ1n) is 11.0. The molecule has 0 aliphatic carbocycles. The average molecular weight is 420 g/mol. The zero-order valence-corrected chi connectivity index (χ0v) is 18.4. The highest BCUT2D eigenvalue weighted by molar-refractivity contribution is 6.30. The number of hydrogen-bond acceptors (Lipinski definition) is 3. The van der Waals surface area contributed by atoms with Crippen LogP contribution in [0.2, 0.25) is 5.02 Å². The van der Waals surface area contributed by atoms with E-state index in [4.69, 9.17) is 11.6 Å². The third-order valence-electron chi connectivity index (χ3n) is 6.21. The molecule has 0 aromatic heterocycles. The third-order valence-corrected chi connectivity index (χ3v) is 6.46. The molecule has 3 rings (SSSR count). The molecule has 2 heterocycles. The van der Waals surface area contributed by atoms with Gasteiger partial charge in [0.05, 0.1) is 0 Å². The normalized spacial score (nSPS) is 20.7. The van der Waals surface area contributed by atoms with Crippen molar-refractivity contribution in [2.75, 3.05) is 46.3 Å². The van der Waals surface area contributed by atoms with Crippen molar-refractivity contribution >= 4 is 23.4 Å². The second kappa shape index (κ2) is 11.0. The zero-order valence-electron chi connectivity index (χ0n) is 17.6. The molecule has 160 valence electrons. The minimum atomic E-state index is 0.154. The molecular formula is C23H34ClN3O2. The SMILES string of the molecule is CN(C[C@@H]1CCCN(CCc2ccc(Cl)cc2)C1)C(=O)CCN1CCCCC1=O. The van der Waals surface area contributed by atoms with Gasteiger partial charge in [-0.25, -0.2) is 0 Å². The summed E-state index contributed by atoms with van der Waals surface area (Å²) in [7, 11) is 1.91. The van der Waals surface area contributed by atoms with Crippen LogP contribution in [0.15, 0.2) is 24.3 Å². The van der Waals surface area contributed by atoms with Crippen LogP contribution in [0.3, 0.4) is 0 Å². The predicted molar refractivity (Wildman–Crippen MR) is 117 cm³/mol. The number of hydrogen-bond donors (Lipinski definition) is 0. The molecule has 1 aromatic carbocycles. The molecule has 0 saturated carbocycles. The van der Waals surface area contributed by atoms with Crippen molar-refractivity contribution in [3.05, 3.63) is 34.9 Å². The van der Waals surface area contributed by atoms with E-state index in [1.165, 1.54) is 18.4 Å². The Balaban J connectivity index is 1.38. The highest BCUT2D eigenvalue weighted by atomic mass is 35.5. The van der Waals surface area contributed by atoms with Crippen molar-refractivity contribution in [2.45, 2.75) is 44.9 Å². The lowest BCUT2D eigenvalue weighted by Crippen LogP contribution is -2.43. The largest absolute Gasteiger partial charge is 0.345 e. The lowest BCUT2D eigenvalue weighted by molar-refractivity contribution is -0.135. The van der Waals surface area contributed by atoms with Crippen LogP contribution in [0, 0.1) is 5.92 Å². The minimum absolute atomic E-state index is 0.154. The van der Waals surface area contributed by atoms with E-state index in [0.717, 1.165) is 57.0 Å². The fraction of sp³-hybridized carbons (Fsp3) is 0.652. The van der Waals surface area contributed by atoms with Gasteiger partial charge in [-0.2, -0.15) is 0 Å². The summed E-state index contributed by atoms with van der Waals surface area (Å²) in [5.41, 5.74) is 1.32. The monoisotopic (exact) mass is 419 g/mol. The molecule has 2 aliphatic heterocycles. The first-order valence-corrected chi connectivity index (χ1v) is 11.4. The number of nitrogens with zero attached hydrogens (tertiary/aromatic N) is 3. The summed E-state index contributed by atoms with van der Waals surface area (Å²) in [5.74, 6) is 0.886. The zero-order chi connectivity index (χ0) is 20.6. The van der Waals surface area contributed by atoms with E-state index in [1.54, 1.807) is 0 Å². The first kappa shape index (κ1) is 22.1. The number of likely N-dealkylation sites (tertiary alicyclic amines) is 2. The van der Waals surface area contributed by atoms with Crippen LogP contribution in [0.1, 0.15) is 44.1 Å². The summed E-state index contributed by atoms with van der Waals surface area (Å²) in [4.78, 5) is 30.7. The Kier molecular flexibility index (Phi) is 8.37. The maximum Gasteiger partial charge on any atom is 0.224 e. The Hall–Kier alpha value is -1.59. The summed E-state index contributed by atoms with van der Waals surface area (Å²) in [6.07, 6.45) is 6.52. The van der Waals surface area contributed by atoms with Gasteiger partial charge < -0.3 is 14.7 Å². The van der Waals surface area contributed by atoms with Gasteiger partial charge in [0.1, 0.15) is 0 Å². The maximum absolute atomic E-state index is 12.5. The van der Waals surface area contributed by atoms with E-state index in [2.05, 4.69) is 17.0 Å². The van der Waals surface area contributed by atoms with Crippen LogP contribution in [0.25, 0.3) is 0 Å². The van der Waals surface area contributed by atoms with Gasteiger partial charge in [-0.15, -0.1) is 0 Å². The molecule has 2 amide bonds. The Bertz CT molecular complexity index is 679. The molecule has 0 radical (unpaired) electrons. The lowest BCUT2D eigenvalue weighted by Gasteiger charge is -2.35. The Morgan fingerprint density at radius 3 is 2.69 bits per heavy atom. The number of benzene rings is 1. The maximum atomic E-state index is 12.5. The van der Waals surface area contributed by atoms with Crippen molar-refractivity contribution in [3.63, 3.8) is 0 Å². The summed E-state index contributed by atoms with van der Waals surface area (Å²) in [6.45, 7) is 5.42. The standard InChI is InChI=1S/C23H34ClN3O2/c1-25(22(28)12-16-27-14-3-2-6-23(27)29)17-20-5-4-13-26(18-20)15-11-19-7-9-21(24)10-8-19/h7-10,20H,2-6,11-18H2,1H3/t20-/m0/s1. The van der Waals surface area contributed by atoms with Gasteiger partial charge in [0.2, 0.25) is 11.8 Å². The fourth-order valence-corrected chi connectivity index (χ4v) is 4.58. The molecule has 0 N–H and O–H groups in total. The Labute approximate surface area is 180 Å². The van der Waals surface area contributed by atoms with E-state index in [-0.39, 0.29) is 11.8 Å². The van der Waals surface area contributed by atoms with Gasteiger partial charge in [-0.05, 0) is 62.3 Å². The highest BCUT2D eigenvalue weighted by Gasteiger charge is 2.24. The van der Waals surface area contributed by atoms with Crippen molar-refractivity contribution in [3.8, 4) is 0 Å². The van der Waals surface area contributed by atoms with Crippen LogP contribution in [-0.2, 0) is 16.0 Å². The molecular weight excluding hydrogens is 386 g/mol. The number of carbonyl (C=O) groups is 2. The quantitative estimate of drug-likeness (QED) is 0.648. The van der Waals surface area contributed by atoms with Crippen molar-refractivity contribution in [1.29, 1.82) is 0 Å². The molecule has 2 fully saturated rings. The molecule has 2 aliphatic rings. The molecule has 6 heteroatoms. The van der Waals surface area contributed by atoms with Crippen LogP contribution < -0.4 is 0 Å². The molecule has 2 saturated heterocycles. The van der Waals surface area contributed by atoms with Crippen LogP contribution >= 0.6 is 11.6 Å². The summed E-state index contributed by atoms with van der Waals surface area (Å²) >= 11 is 5.97. The van der Waals surface area contributed by atoms with Crippen LogP contribution in [0.5, 0.6) is 0 Å². The summed E-state index contributed by atoms with van der Waals surface area (Å²) in [6, 6.07) is 8.11. The molecule has 29 heavy (non-hydrogen) atoms. The first-order chi connectivity index (χ1) is 14.0. The number of carbonyl (C=O) groups excluding carboxylic acids is 2. The van der Waals surface area contributed by atoms with E-state index in [0.29, 0.717) is 25.3 Å². The van der Waals surface area contributed by atoms with Crippen molar-refractivity contribution < 1.29 is 9.59 Å². The van der Waals surface area contributed by atoms with Gasteiger partial charge in [0, 0.05) is 57.6 Å². The summed E-state index contributed by atoms with van der Waals surface area (Å²) < 4.78 is 0. The molecule has 0 spiro atoms. The van der Waals surface area contributed by atoms with Crippen molar-refractivity contribution in [1.82, 2.24) is 14.7 Å². The summed E-state index contributed by atoms with van der Waals surface area (Å²) in [5, 5.41) is 0.782. The van der Waals surface area contributed by atoms with Crippen molar-refractivity contribution in [2.24, 2.45) is 5.92 Å². The predicted octanol–water partition coefficient (Wildman–Crippen LogP) is 3.46. The van der Waals surface area contributed by atoms with Gasteiger partial charge in [-0.3, -0.25) is 9.59 Å². The number of amides is 2. The number of rotatable bonds is 8. The fourth-order valence-electron chi connectivity index (χ4n) is 4.45. The van der Waals surface area contributed by atoms with E-state index in [1.807, 2.05) is 29.0 Å². The highest BCUT2D eigenvalue weighted by Crippen LogP contribution is 2.19. The van der Waals surface area contributed by atoms with Gasteiger partial charge in [0.25, 0.3) is 0 Å². The molecule has 0 bridgehead atoms.